The lowest BCUT2D eigenvalue weighted by molar-refractivity contribution is -0.130. The van der Waals surface area contributed by atoms with Crippen molar-refractivity contribution in [1.29, 1.82) is 0 Å². The van der Waals surface area contributed by atoms with Gasteiger partial charge in [-0.05, 0) is 32.6 Å². The van der Waals surface area contributed by atoms with Gasteiger partial charge in [-0.25, -0.2) is 4.79 Å². The van der Waals surface area contributed by atoms with Crippen LogP contribution in [0.15, 0.2) is 0 Å². The second-order valence-corrected chi connectivity index (χ2v) is 5.23. The molecule has 5 nitrogen and oxygen atoms in total. The van der Waals surface area contributed by atoms with E-state index in [0.717, 1.165) is 19.5 Å². The van der Waals surface area contributed by atoms with E-state index in [4.69, 9.17) is 0 Å². The van der Waals surface area contributed by atoms with Crippen molar-refractivity contribution in [3.63, 3.8) is 0 Å². The second-order valence-electron chi connectivity index (χ2n) is 5.23. The van der Waals surface area contributed by atoms with E-state index in [1.165, 1.54) is 12.8 Å². The van der Waals surface area contributed by atoms with Crippen LogP contribution in [0.3, 0.4) is 0 Å². The molecular formula is C14H27N3O2. The Balaban J connectivity index is 2.18. The fourth-order valence-corrected chi connectivity index (χ4v) is 2.60. The number of hydrogen-bond donors (Lipinski definition) is 2. The van der Waals surface area contributed by atoms with E-state index < -0.39 is 0 Å². The maximum atomic E-state index is 11.7. The number of hydrogen-bond acceptors (Lipinski definition) is 2. The van der Waals surface area contributed by atoms with E-state index in [0.29, 0.717) is 24.9 Å². The van der Waals surface area contributed by atoms with Crippen LogP contribution in [0.25, 0.3) is 0 Å². The van der Waals surface area contributed by atoms with Gasteiger partial charge >= 0.3 is 6.03 Å². The molecule has 0 aromatic rings. The predicted octanol–water partition coefficient (Wildman–Crippen LogP) is 1.73. The SMILES string of the molecule is CCN(CC)C(=O)CCNC(=O)NC1CCCC1C. The molecule has 1 aliphatic rings. The molecule has 1 rings (SSSR count). The van der Waals surface area contributed by atoms with Crippen molar-refractivity contribution in [2.24, 2.45) is 5.92 Å². The fraction of sp³-hybridized carbons (Fsp3) is 0.857. The Labute approximate surface area is 116 Å². The van der Waals surface area contributed by atoms with E-state index in [2.05, 4.69) is 17.6 Å². The van der Waals surface area contributed by atoms with Gasteiger partial charge in [0.15, 0.2) is 0 Å². The highest BCUT2D eigenvalue weighted by Crippen LogP contribution is 2.24. The Kier molecular flexibility index (Phi) is 6.67. The summed E-state index contributed by atoms with van der Waals surface area (Å²) in [5.41, 5.74) is 0. The third kappa shape index (κ3) is 5.09. The molecule has 0 heterocycles. The zero-order valence-electron chi connectivity index (χ0n) is 12.4. The van der Waals surface area contributed by atoms with Crippen molar-refractivity contribution in [2.75, 3.05) is 19.6 Å². The molecule has 19 heavy (non-hydrogen) atoms. The molecule has 0 spiro atoms. The second kappa shape index (κ2) is 8.02. The van der Waals surface area contributed by atoms with Gasteiger partial charge in [-0.1, -0.05) is 13.3 Å². The van der Waals surface area contributed by atoms with Crippen molar-refractivity contribution >= 4 is 11.9 Å². The zero-order valence-corrected chi connectivity index (χ0v) is 12.4. The molecular weight excluding hydrogens is 242 g/mol. The minimum Gasteiger partial charge on any atom is -0.343 e. The highest BCUT2D eigenvalue weighted by atomic mass is 16.2. The van der Waals surface area contributed by atoms with Crippen LogP contribution >= 0.6 is 0 Å². The summed E-state index contributed by atoms with van der Waals surface area (Å²) in [4.78, 5) is 25.2. The van der Waals surface area contributed by atoms with Gasteiger partial charge in [0, 0.05) is 32.1 Å². The van der Waals surface area contributed by atoms with Crippen LogP contribution in [-0.2, 0) is 4.79 Å². The number of nitrogens with one attached hydrogen (secondary N) is 2. The molecule has 0 saturated heterocycles. The summed E-state index contributed by atoms with van der Waals surface area (Å²) in [6, 6.07) is 0.143. The molecule has 0 aromatic carbocycles. The maximum absolute atomic E-state index is 11.7. The lowest BCUT2D eigenvalue weighted by atomic mass is 10.1. The smallest absolute Gasteiger partial charge is 0.315 e. The number of rotatable bonds is 6. The first-order chi connectivity index (χ1) is 9.08. The van der Waals surface area contributed by atoms with Gasteiger partial charge in [0.2, 0.25) is 5.91 Å². The summed E-state index contributed by atoms with van der Waals surface area (Å²) < 4.78 is 0. The first-order valence-electron chi connectivity index (χ1n) is 7.40. The number of carbonyl (C=O) groups is 2. The predicted molar refractivity (Wildman–Crippen MR) is 75.9 cm³/mol. The van der Waals surface area contributed by atoms with E-state index in [1.54, 1.807) is 4.90 Å². The molecule has 0 bridgehead atoms. The third-order valence-electron chi connectivity index (χ3n) is 3.92. The summed E-state index contributed by atoms with van der Waals surface area (Å²) in [5, 5.41) is 5.75. The number of amides is 3. The van der Waals surface area contributed by atoms with Crippen molar-refractivity contribution in [3.8, 4) is 0 Å². The normalized spacial score (nSPS) is 22.1. The Morgan fingerprint density at radius 1 is 1.21 bits per heavy atom. The zero-order chi connectivity index (χ0) is 14.3. The Hall–Kier alpha value is -1.26. The topological polar surface area (TPSA) is 61.4 Å². The largest absolute Gasteiger partial charge is 0.343 e. The van der Waals surface area contributed by atoms with Gasteiger partial charge in [-0.3, -0.25) is 4.79 Å². The van der Waals surface area contributed by atoms with Gasteiger partial charge in [0.05, 0.1) is 0 Å². The van der Waals surface area contributed by atoms with Gasteiger partial charge in [0.1, 0.15) is 0 Å². The van der Waals surface area contributed by atoms with Crippen LogP contribution in [0.4, 0.5) is 4.79 Å². The summed E-state index contributed by atoms with van der Waals surface area (Å²) in [7, 11) is 0. The minimum atomic E-state index is -0.147. The Bertz CT molecular complexity index is 303. The molecule has 1 saturated carbocycles. The average molecular weight is 269 g/mol. The molecule has 0 aromatic heterocycles. The lowest BCUT2D eigenvalue weighted by Crippen LogP contribution is -2.44. The van der Waals surface area contributed by atoms with E-state index in [-0.39, 0.29) is 11.9 Å². The fourth-order valence-electron chi connectivity index (χ4n) is 2.60. The highest BCUT2D eigenvalue weighted by molar-refractivity contribution is 5.78. The molecule has 110 valence electrons. The summed E-state index contributed by atoms with van der Waals surface area (Å²) >= 11 is 0. The quantitative estimate of drug-likeness (QED) is 0.771. The molecule has 2 N–H and O–H groups in total. The first-order valence-corrected chi connectivity index (χ1v) is 7.40. The summed E-state index contributed by atoms with van der Waals surface area (Å²) in [6.07, 6.45) is 3.81. The van der Waals surface area contributed by atoms with E-state index in [9.17, 15) is 9.59 Å². The standard InChI is InChI=1S/C14H27N3O2/c1-4-17(5-2)13(18)9-10-15-14(19)16-12-8-6-7-11(12)3/h11-12H,4-10H2,1-3H3,(H2,15,16,19). The van der Waals surface area contributed by atoms with Gasteiger partial charge in [-0.15, -0.1) is 0 Å². The number of nitrogens with zero attached hydrogens (tertiary/aromatic N) is 1. The van der Waals surface area contributed by atoms with Crippen LogP contribution in [0.5, 0.6) is 0 Å². The van der Waals surface area contributed by atoms with Crippen molar-refractivity contribution in [1.82, 2.24) is 15.5 Å². The monoisotopic (exact) mass is 269 g/mol. The molecule has 3 amide bonds. The van der Waals surface area contributed by atoms with Gasteiger partial charge < -0.3 is 15.5 Å². The van der Waals surface area contributed by atoms with E-state index in [1.807, 2.05) is 13.8 Å². The highest BCUT2D eigenvalue weighted by Gasteiger charge is 2.24. The number of urea groups is 1. The Morgan fingerprint density at radius 3 is 2.42 bits per heavy atom. The minimum absolute atomic E-state index is 0.0968. The summed E-state index contributed by atoms with van der Waals surface area (Å²) in [6.45, 7) is 7.94. The molecule has 0 aliphatic heterocycles. The Morgan fingerprint density at radius 2 is 1.89 bits per heavy atom. The van der Waals surface area contributed by atoms with Crippen LogP contribution in [0, 0.1) is 5.92 Å². The maximum Gasteiger partial charge on any atom is 0.315 e. The van der Waals surface area contributed by atoms with Crippen molar-refractivity contribution < 1.29 is 9.59 Å². The third-order valence-corrected chi connectivity index (χ3v) is 3.92. The van der Waals surface area contributed by atoms with Gasteiger partial charge in [0.25, 0.3) is 0 Å². The number of carbonyl (C=O) groups excluding carboxylic acids is 2. The molecule has 0 radical (unpaired) electrons. The lowest BCUT2D eigenvalue weighted by Gasteiger charge is -2.20. The van der Waals surface area contributed by atoms with Crippen LogP contribution in [0.1, 0.15) is 46.5 Å². The average Bonchev–Trinajstić information content (AvgIpc) is 2.76. The van der Waals surface area contributed by atoms with Crippen molar-refractivity contribution in [3.05, 3.63) is 0 Å². The molecule has 5 heteroatoms. The van der Waals surface area contributed by atoms with E-state index >= 15 is 0 Å². The first kappa shape index (κ1) is 15.8. The van der Waals surface area contributed by atoms with Crippen LogP contribution < -0.4 is 10.6 Å². The van der Waals surface area contributed by atoms with Crippen LogP contribution in [0.2, 0.25) is 0 Å². The molecule has 2 atom stereocenters. The van der Waals surface area contributed by atoms with Crippen LogP contribution in [-0.4, -0.2) is 42.5 Å². The molecule has 1 fully saturated rings. The van der Waals surface area contributed by atoms with Crippen molar-refractivity contribution in [2.45, 2.75) is 52.5 Å². The van der Waals surface area contributed by atoms with Gasteiger partial charge in [-0.2, -0.15) is 0 Å². The molecule has 1 aliphatic carbocycles. The summed E-state index contributed by atoms with van der Waals surface area (Å²) in [5.74, 6) is 0.655. The molecule has 2 unspecified atom stereocenters.